The average Bonchev–Trinajstić information content (AvgIpc) is 2.37. The predicted molar refractivity (Wildman–Crippen MR) is 70.2 cm³/mol. The number of carboxylic acids is 1. The highest BCUT2D eigenvalue weighted by Crippen LogP contribution is 1.89. The van der Waals surface area contributed by atoms with E-state index in [-0.39, 0.29) is 6.61 Å². The first-order valence-electron chi connectivity index (χ1n) is 6.45. The van der Waals surface area contributed by atoms with Gasteiger partial charge in [0.25, 0.3) is 0 Å². The number of urea groups is 1. The highest BCUT2D eigenvalue weighted by Gasteiger charge is 2.19. The topological polar surface area (TPSA) is 96.9 Å². The number of hydrogen-bond donors (Lipinski definition) is 3. The van der Waals surface area contributed by atoms with Crippen molar-refractivity contribution in [1.29, 1.82) is 0 Å². The van der Waals surface area contributed by atoms with E-state index in [9.17, 15) is 9.59 Å². The van der Waals surface area contributed by atoms with Gasteiger partial charge in [-0.1, -0.05) is 13.3 Å². The van der Waals surface area contributed by atoms with Gasteiger partial charge in [-0.05, 0) is 12.8 Å². The highest BCUT2D eigenvalue weighted by atomic mass is 16.5. The van der Waals surface area contributed by atoms with E-state index in [1.807, 2.05) is 0 Å². The van der Waals surface area contributed by atoms with E-state index in [1.165, 1.54) is 7.11 Å². The van der Waals surface area contributed by atoms with Gasteiger partial charge in [0.1, 0.15) is 0 Å². The van der Waals surface area contributed by atoms with Crippen LogP contribution in [0, 0.1) is 0 Å². The second kappa shape index (κ2) is 11.7. The Kier molecular flexibility index (Phi) is 10.9. The number of methoxy groups -OCH3 is 1. The molecule has 1 unspecified atom stereocenters. The molecule has 0 aliphatic heterocycles. The van der Waals surface area contributed by atoms with Crippen molar-refractivity contribution in [2.24, 2.45) is 0 Å². The van der Waals surface area contributed by atoms with Gasteiger partial charge in [0.15, 0.2) is 6.04 Å². The predicted octanol–water partition coefficient (Wildman–Crippen LogP) is 0.592. The van der Waals surface area contributed by atoms with E-state index in [0.717, 1.165) is 19.4 Å². The molecule has 0 radical (unpaired) electrons. The fraction of sp³-hybridized carbons (Fsp3) is 0.833. The summed E-state index contributed by atoms with van der Waals surface area (Å²) in [6.45, 7) is 3.78. The number of nitrogens with one attached hydrogen (secondary N) is 2. The van der Waals surface area contributed by atoms with Crippen molar-refractivity contribution in [3.63, 3.8) is 0 Å². The maximum Gasteiger partial charge on any atom is 0.328 e. The number of unbranched alkanes of at least 4 members (excludes halogenated alkanes) is 1. The summed E-state index contributed by atoms with van der Waals surface area (Å²) in [5.41, 5.74) is 0. The fourth-order valence-corrected chi connectivity index (χ4v) is 1.28. The molecule has 0 aromatic heterocycles. The molecule has 0 heterocycles. The SMILES string of the molecule is CCCCOCCCNC(=O)NC(COC)C(=O)O. The van der Waals surface area contributed by atoms with Crippen LogP contribution in [0.2, 0.25) is 0 Å². The molecule has 7 nitrogen and oxygen atoms in total. The number of amides is 2. The molecule has 0 aliphatic rings. The molecule has 0 aromatic carbocycles. The summed E-state index contributed by atoms with van der Waals surface area (Å²) < 4.78 is 10.0. The molecule has 0 fully saturated rings. The highest BCUT2D eigenvalue weighted by molar-refractivity contribution is 5.82. The first-order valence-corrected chi connectivity index (χ1v) is 6.45. The number of aliphatic carboxylic acids is 1. The summed E-state index contributed by atoms with van der Waals surface area (Å²) in [6.07, 6.45) is 2.82. The number of carboxylic acid groups (broad SMARTS) is 1. The zero-order chi connectivity index (χ0) is 14.5. The normalized spacial score (nSPS) is 11.9. The van der Waals surface area contributed by atoms with Crippen molar-refractivity contribution in [1.82, 2.24) is 10.6 Å². The fourth-order valence-electron chi connectivity index (χ4n) is 1.28. The summed E-state index contributed by atoms with van der Waals surface area (Å²) >= 11 is 0. The van der Waals surface area contributed by atoms with Gasteiger partial charge in [0.05, 0.1) is 6.61 Å². The van der Waals surface area contributed by atoms with Crippen LogP contribution in [0.15, 0.2) is 0 Å². The number of ether oxygens (including phenoxy) is 2. The van der Waals surface area contributed by atoms with E-state index in [0.29, 0.717) is 19.6 Å². The first kappa shape index (κ1) is 17.7. The molecule has 7 heteroatoms. The Bertz CT molecular complexity index is 261. The van der Waals surface area contributed by atoms with Gasteiger partial charge < -0.3 is 25.2 Å². The molecule has 0 aliphatic carbocycles. The smallest absolute Gasteiger partial charge is 0.328 e. The molecule has 0 saturated carbocycles. The number of rotatable bonds is 11. The summed E-state index contributed by atoms with van der Waals surface area (Å²) in [5, 5.41) is 13.7. The lowest BCUT2D eigenvalue weighted by Crippen LogP contribution is -2.48. The van der Waals surface area contributed by atoms with Crippen LogP contribution in [-0.2, 0) is 14.3 Å². The van der Waals surface area contributed by atoms with E-state index in [2.05, 4.69) is 17.6 Å². The van der Waals surface area contributed by atoms with Gasteiger partial charge in [-0.3, -0.25) is 0 Å². The van der Waals surface area contributed by atoms with Crippen molar-refractivity contribution in [2.45, 2.75) is 32.2 Å². The third-order valence-corrected chi connectivity index (χ3v) is 2.33. The van der Waals surface area contributed by atoms with Crippen LogP contribution >= 0.6 is 0 Å². The molecule has 0 bridgehead atoms. The molecular formula is C12H24N2O5. The lowest BCUT2D eigenvalue weighted by atomic mass is 10.3. The van der Waals surface area contributed by atoms with Gasteiger partial charge in [0, 0.05) is 26.9 Å². The van der Waals surface area contributed by atoms with Gasteiger partial charge in [-0.15, -0.1) is 0 Å². The van der Waals surface area contributed by atoms with Crippen molar-refractivity contribution < 1.29 is 24.2 Å². The van der Waals surface area contributed by atoms with Crippen LogP contribution in [-0.4, -0.2) is 56.6 Å². The van der Waals surface area contributed by atoms with Gasteiger partial charge in [0.2, 0.25) is 0 Å². The van der Waals surface area contributed by atoms with Crippen LogP contribution in [0.3, 0.4) is 0 Å². The van der Waals surface area contributed by atoms with E-state index in [1.54, 1.807) is 0 Å². The average molecular weight is 276 g/mol. The minimum absolute atomic E-state index is 0.0666. The standard InChI is InChI=1S/C12H24N2O5/c1-3-4-7-19-8-5-6-13-12(17)14-10(9-18-2)11(15)16/h10H,3-9H2,1-2H3,(H,15,16)(H2,13,14,17). The van der Waals surface area contributed by atoms with Crippen LogP contribution in [0.1, 0.15) is 26.2 Å². The molecular weight excluding hydrogens is 252 g/mol. The van der Waals surface area contributed by atoms with Crippen LogP contribution in [0.4, 0.5) is 4.79 Å². The molecule has 112 valence electrons. The molecule has 1 atom stereocenters. The zero-order valence-electron chi connectivity index (χ0n) is 11.6. The van der Waals surface area contributed by atoms with Gasteiger partial charge in [-0.25, -0.2) is 9.59 Å². The summed E-state index contributed by atoms with van der Waals surface area (Å²) in [7, 11) is 1.38. The third kappa shape index (κ3) is 10.3. The third-order valence-electron chi connectivity index (χ3n) is 2.33. The van der Waals surface area contributed by atoms with Crippen molar-refractivity contribution in [3.05, 3.63) is 0 Å². The lowest BCUT2D eigenvalue weighted by Gasteiger charge is -2.14. The Morgan fingerprint density at radius 1 is 1.26 bits per heavy atom. The summed E-state index contributed by atoms with van der Waals surface area (Å²) in [6, 6.07) is -1.55. The van der Waals surface area contributed by atoms with Crippen molar-refractivity contribution in [3.8, 4) is 0 Å². The maximum atomic E-state index is 11.4. The minimum Gasteiger partial charge on any atom is -0.480 e. The monoisotopic (exact) mass is 276 g/mol. The Hall–Kier alpha value is -1.34. The Balaban J connectivity index is 3.60. The molecule has 0 aromatic rings. The number of carbonyl (C=O) groups excluding carboxylic acids is 1. The number of carbonyl (C=O) groups is 2. The van der Waals surface area contributed by atoms with E-state index < -0.39 is 18.0 Å². The molecule has 0 spiro atoms. The van der Waals surface area contributed by atoms with Crippen LogP contribution in [0.25, 0.3) is 0 Å². The molecule has 3 N–H and O–H groups in total. The largest absolute Gasteiger partial charge is 0.480 e. The second-order valence-electron chi connectivity index (χ2n) is 4.07. The van der Waals surface area contributed by atoms with Crippen LogP contribution < -0.4 is 10.6 Å². The second-order valence-corrected chi connectivity index (χ2v) is 4.07. The Morgan fingerprint density at radius 2 is 1.95 bits per heavy atom. The molecule has 0 rings (SSSR count). The zero-order valence-corrected chi connectivity index (χ0v) is 11.6. The molecule has 19 heavy (non-hydrogen) atoms. The Morgan fingerprint density at radius 3 is 2.53 bits per heavy atom. The lowest BCUT2D eigenvalue weighted by molar-refractivity contribution is -0.140. The number of hydrogen-bond acceptors (Lipinski definition) is 4. The Labute approximate surface area is 113 Å². The quantitative estimate of drug-likeness (QED) is 0.480. The van der Waals surface area contributed by atoms with Crippen molar-refractivity contribution >= 4 is 12.0 Å². The maximum absolute atomic E-state index is 11.4. The molecule has 2 amide bonds. The van der Waals surface area contributed by atoms with Gasteiger partial charge in [-0.2, -0.15) is 0 Å². The minimum atomic E-state index is -1.13. The first-order chi connectivity index (χ1) is 9.11. The summed E-state index contributed by atoms with van der Waals surface area (Å²) in [4.78, 5) is 22.1. The van der Waals surface area contributed by atoms with Crippen LogP contribution in [0.5, 0.6) is 0 Å². The van der Waals surface area contributed by atoms with Crippen molar-refractivity contribution in [2.75, 3.05) is 33.5 Å². The molecule has 0 saturated heterocycles. The van der Waals surface area contributed by atoms with E-state index >= 15 is 0 Å². The van der Waals surface area contributed by atoms with Gasteiger partial charge >= 0.3 is 12.0 Å². The summed E-state index contributed by atoms with van der Waals surface area (Å²) in [5.74, 6) is -1.13. The van der Waals surface area contributed by atoms with E-state index in [4.69, 9.17) is 14.6 Å².